The van der Waals surface area contributed by atoms with Crippen molar-refractivity contribution in [3.8, 4) is 11.1 Å². The number of carbonyl (C=O) groups is 2. The number of aryl methyl sites for hydroxylation is 1. The first-order valence-electron chi connectivity index (χ1n) is 10.4. The third-order valence-electron chi connectivity index (χ3n) is 5.31. The predicted octanol–water partition coefficient (Wildman–Crippen LogP) is 4.08. The molecule has 8 nitrogen and oxygen atoms in total. The molecule has 1 N–H and O–H groups in total. The van der Waals surface area contributed by atoms with Crippen LogP contribution in [-0.4, -0.2) is 46.8 Å². The van der Waals surface area contributed by atoms with Crippen molar-refractivity contribution in [2.24, 2.45) is 0 Å². The largest absolute Gasteiger partial charge is 0.443 e. The topological polar surface area (TPSA) is 87.8 Å². The summed E-state index contributed by atoms with van der Waals surface area (Å²) in [5.74, 6) is -0.177. The Morgan fingerprint density at radius 3 is 2.44 bits per heavy atom. The molecule has 166 valence electrons. The van der Waals surface area contributed by atoms with E-state index < -0.39 is 11.7 Å². The van der Waals surface area contributed by atoms with Crippen LogP contribution in [-0.2, 0) is 21.0 Å². The zero-order valence-corrected chi connectivity index (χ0v) is 18.4. The molecule has 0 saturated heterocycles. The highest BCUT2D eigenvalue weighted by atomic mass is 16.7. The first-order chi connectivity index (χ1) is 15.4. The number of H-pyrrole nitrogens is 1. The molecule has 0 radical (unpaired) electrons. The normalized spacial score (nSPS) is 14.0. The number of nitrogens with one attached hydrogen (secondary N) is 1. The van der Waals surface area contributed by atoms with E-state index in [0.29, 0.717) is 18.5 Å². The van der Waals surface area contributed by atoms with Gasteiger partial charge >= 0.3 is 6.09 Å². The van der Waals surface area contributed by atoms with Gasteiger partial charge in [-0.25, -0.2) is 9.63 Å². The molecule has 1 aliphatic carbocycles. The smallest absolute Gasteiger partial charge is 0.439 e. The molecule has 0 aliphatic heterocycles. The van der Waals surface area contributed by atoms with Crippen molar-refractivity contribution < 1.29 is 19.2 Å². The van der Waals surface area contributed by atoms with E-state index >= 15 is 0 Å². The van der Waals surface area contributed by atoms with E-state index in [0.717, 1.165) is 27.3 Å². The average molecular weight is 434 g/mol. The maximum atomic E-state index is 13.1. The number of aromatic amines is 1. The second-order valence-electron chi connectivity index (χ2n) is 8.16. The van der Waals surface area contributed by atoms with Crippen molar-refractivity contribution in [2.45, 2.75) is 32.0 Å². The lowest BCUT2D eigenvalue weighted by Gasteiger charge is -2.27. The van der Waals surface area contributed by atoms with Gasteiger partial charge in [-0.2, -0.15) is 10.2 Å². The molecule has 0 unspecified atom stereocenters. The van der Waals surface area contributed by atoms with E-state index in [-0.39, 0.29) is 12.5 Å². The van der Waals surface area contributed by atoms with Crippen LogP contribution < -0.4 is 5.06 Å². The molecule has 0 spiro atoms. The molecule has 3 aromatic rings. The Morgan fingerprint density at radius 2 is 1.84 bits per heavy atom. The molecule has 2 aromatic carbocycles. The number of hydroxylamine groups is 1. The molecule has 0 bridgehead atoms. The molecule has 32 heavy (non-hydrogen) atoms. The number of anilines is 1. The Balaban J connectivity index is 1.56. The van der Waals surface area contributed by atoms with Crippen LogP contribution in [0.3, 0.4) is 0 Å². The van der Waals surface area contributed by atoms with Crippen LogP contribution in [0.25, 0.3) is 11.1 Å². The maximum absolute atomic E-state index is 13.1. The fourth-order valence-corrected chi connectivity index (χ4v) is 3.44. The van der Waals surface area contributed by atoms with Crippen molar-refractivity contribution in [1.29, 1.82) is 0 Å². The van der Waals surface area contributed by atoms with Crippen LogP contribution in [0.2, 0.25) is 0 Å². The molecule has 1 heterocycles. The van der Waals surface area contributed by atoms with Crippen molar-refractivity contribution in [1.82, 2.24) is 15.1 Å². The number of carbonyl (C=O) groups excluding carboxylic acids is 2. The highest BCUT2D eigenvalue weighted by Gasteiger charge is 2.55. The van der Waals surface area contributed by atoms with Gasteiger partial charge in [-0.1, -0.05) is 42.0 Å². The van der Waals surface area contributed by atoms with Gasteiger partial charge in [-0.3, -0.25) is 9.89 Å². The van der Waals surface area contributed by atoms with Gasteiger partial charge in [-0.05, 0) is 43.0 Å². The number of aromatic nitrogens is 2. The van der Waals surface area contributed by atoms with Crippen LogP contribution in [0.5, 0.6) is 0 Å². The summed E-state index contributed by atoms with van der Waals surface area (Å²) < 4.78 is 5.54. The fraction of sp³-hybridized carbons (Fsp3) is 0.292. The minimum atomic E-state index is -1.05. The molecule has 2 amide bonds. The second kappa shape index (κ2) is 8.84. The average Bonchev–Trinajstić information content (AvgIpc) is 3.37. The number of amides is 2. The molecular formula is C24H26N4O4. The Kier molecular flexibility index (Phi) is 5.96. The van der Waals surface area contributed by atoms with Gasteiger partial charge in [0.05, 0.1) is 11.9 Å². The summed E-state index contributed by atoms with van der Waals surface area (Å²) in [6, 6.07) is 15.0. The Bertz CT molecular complexity index is 1090. The van der Waals surface area contributed by atoms with Gasteiger partial charge in [-0.15, -0.1) is 0 Å². The Hall–Kier alpha value is -3.65. The quantitative estimate of drug-likeness (QED) is 0.566. The van der Waals surface area contributed by atoms with E-state index in [1.54, 1.807) is 38.6 Å². The van der Waals surface area contributed by atoms with Crippen molar-refractivity contribution in [3.05, 3.63) is 72.1 Å². The Morgan fingerprint density at radius 1 is 1.09 bits per heavy atom. The molecule has 1 saturated carbocycles. The first-order valence-corrected chi connectivity index (χ1v) is 10.4. The molecule has 1 aromatic heterocycles. The number of ether oxygens (including phenoxy) is 1. The van der Waals surface area contributed by atoms with Gasteiger partial charge in [0.15, 0.2) is 5.60 Å². The molecule has 1 fully saturated rings. The first kappa shape index (κ1) is 21.6. The molecule has 1 aliphatic rings. The number of likely N-dealkylation sites (N-methyl/N-ethyl adjacent to an activating group) is 1. The number of hydrogen-bond donors (Lipinski definition) is 1. The number of benzene rings is 2. The van der Waals surface area contributed by atoms with Gasteiger partial charge in [0.25, 0.3) is 5.91 Å². The molecule has 8 heteroatoms. The summed E-state index contributed by atoms with van der Waals surface area (Å²) in [7, 11) is 3.34. The third kappa shape index (κ3) is 4.65. The summed E-state index contributed by atoms with van der Waals surface area (Å²) in [6.45, 7) is 2.08. The monoisotopic (exact) mass is 434 g/mol. The van der Waals surface area contributed by atoms with E-state index in [1.165, 1.54) is 4.90 Å². The molecular weight excluding hydrogens is 408 g/mol. The Labute approximate surface area is 186 Å². The summed E-state index contributed by atoms with van der Waals surface area (Å²) >= 11 is 0. The zero-order valence-electron chi connectivity index (χ0n) is 18.4. The summed E-state index contributed by atoms with van der Waals surface area (Å²) in [5.41, 5.74) is 3.24. The van der Waals surface area contributed by atoms with Crippen LogP contribution >= 0.6 is 0 Å². The maximum Gasteiger partial charge on any atom is 0.439 e. The summed E-state index contributed by atoms with van der Waals surface area (Å²) in [4.78, 5) is 33.2. The minimum Gasteiger partial charge on any atom is -0.443 e. The third-order valence-corrected chi connectivity index (χ3v) is 5.31. The summed E-state index contributed by atoms with van der Waals surface area (Å²) in [5, 5.41) is 7.83. The van der Waals surface area contributed by atoms with Crippen molar-refractivity contribution >= 4 is 17.7 Å². The lowest BCUT2D eigenvalue weighted by atomic mass is 10.1. The van der Waals surface area contributed by atoms with Crippen molar-refractivity contribution in [3.63, 3.8) is 0 Å². The van der Waals surface area contributed by atoms with Crippen LogP contribution in [0.4, 0.5) is 10.5 Å². The van der Waals surface area contributed by atoms with Crippen molar-refractivity contribution in [2.75, 3.05) is 19.2 Å². The lowest BCUT2D eigenvalue weighted by molar-refractivity contribution is -0.144. The predicted molar refractivity (Wildman–Crippen MR) is 120 cm³/mol. The van der Waals surface area contributed by atoms with Gasteiger partial charge in [0, 0.05) is 25.9 Å². The molecule has 0 atom stereocenters. The SMILES string of the molecule is Cc1cccc(COC(=O)N(OC2(C(=O)N(C)C)CC2)c2ccc(-c3cn[nH]c3)cc2)c1. The van der Waals surface area contributed by atoms with E-state index in [1.807, 2.05) is 43.3 Å². The summed E-state index contributed by atoms with van der Waals surface area (Å²) in [6.07, 6.45) is 3.90. The number of rotatable bonds is 7. The van der Waals surface area contributed by atoms with Crippen LogP contribution in [0.15, 0.2) is 60.9 Å². The van der Waals surface area contributed by atoms with E-state index in [9.17, 15) is 9.59 Å². The number of hydrogen-bond acceptors (Lipinski definition) is 5. The standard InChI is InChI=1S/C24H26N4O4/c1-17-5-4-6-18(13-17)16-31-23(30)28(32-24(11-12-24)22(29)27(2)3)21-9-7-19(8-10-21)20-14-25-26-15-20/h4-10,13-15H,11-12,16H2,1-3H3,(H,25,26). The van der Waals surface area contributed by atoms with Gasteiger partial charge in [0.2, 0.25) is 0 Å². The van der Waals surface area contributed by atoms with Crippen LogP contribution in [0, 0.1) is 6.92 Å². The van der Waals surface area contributed by atoms with E-state index in [2.05, 4.69) is 10.2 Å². The highest BCUT2D eigenvalue weighted by molar-refractivity contribution is 5.90. The fourth-order valence-electron chi connectivity index (χ4n) is 3.44. The van der Waals surface area contributed by atoms with Crippen LogP contribution in [0.1, 0.15) is 24.0 Å². The zero-order chi connectivity index (χ0) is 22.7. The minimum absolute atomic E-state index is 0.0993. The van der Waals surface area contributed by atoms with E-state index in [4.69, 9.17) is 9.57 Å². The van der Waals surface area contributed by atoms with Gasteiger partial charge < -0.3 is 9.64 Å². The lowest BCUT2D eigenvalue weighted by Crippen LogP contribution is -2.44. The second-order valence-corrected chi connectivity index (χ2v) is 8.16. The number of nitrogens with zero attached hydrogens (tertiary/aromatic N) is 3. The highest BCUT2D eigenvalue weighted by Crippen LogP contribution is 2.43. The van der Waals surface area contributed by atoms with Gasteiger partial charge in [0.1, 0.15) is 6.61 Å². The molecule has 4 rings (SSSR count).